The Morgan fingerprint density at radius 2 is 1.78 bits per heavy atom. The fraction of sp³-hybridized carbons (Fsp3) is 0.100. The second kappa shape index (κ2) is 8.63. The zero-order chi connectivity index (χ0) is 19.1. The average Bonchev–Trinajstić information content (AvgIpc) is 2.67. The number of aromatic nitrogens is 1. The van der Waals surface area contributed by atoms with Crippen molar-refractivity contribution < 1.29 is 18.3 Å². The third-order valence-corrected chi connectivity index (χ3v) is 3.56. The third kappa shape index (κ3) is 4.70. The SMILES string of the molecule is O=C(NCC#CCOc1cccc2cccnc12)Nc1c(F)cccc1F. The molecule has 27 heavy (non-hydrogen) atoms. The van der Waals surface area contributed by atoms with Crippen LogP contribution in [0, 0.1) is 23.5 Å². The minimum Gasteiger partial charge on any atom is -0.479 e. The summed E-state index contributed by atoms with van der Waals surface area (Å²) < 4.78 is 32.5. The molecule has 0 spiro atoms. The second-order valence-electron chi connectivity index (χ2n) is 5.38. The van der Waals surface area contributed by atoms with Crippen LogP contribution in [0.15, 0.2) is 54.7 Å². The first kappa shape index (κ1) is 18.1. The molecule has 5 nitrogen and oxygen atoms in total. The van der Waals surface area contributed by atoms with Crippen molar-refractivity contribution in [3.05, 3.63) is 66.4 Å². The van der Waals surface area contributed by atoms with E-state index in [9.17, 15) is 13.6 Å². The highest BCUT2D eigenvalue weighted by Crippen LogP contribution is 2.22. The summed E-state index contributed by atoms with van der Waals surface area (Å²) in [6, 6.07) is 11.9. The van der Waals surface area contributed by atoms with Gasteiger partial charge < -0.3 is 15.4 Å². The molecule has 0 fully saturated rings. The number of amides is 2. The van der Waals surface area contributed by atoms with Crippen molar-refractivity contribution in [2.75, 3.05) is 18.5 Å². The second-order valence-corrected chi connectivity index (χ2v) is 5.38. The summed E-state index contributed by atoms with van der Waals surface area (Å²) in [5, 5.41) is 5.46. The summed E-state index contributed by atoms with van der Waals surface area (Å²) in [6.07, 6.45) is 1.68. The molecule has 0 aliphatic rings. The topological polar surface area (TPSA) is 63.2 Å². The summed E-state index contributed by atoms with van der Waals surface area (Å²) in [5.41, 5.74) is 0.237. The van der Waals surface area contributed by atoms with Crippen LogP contribution in [0.2, 0.25) is 0 Å². The van der Waals surface area contributed by atoms with Crippen molar-refractivity contribution in [1.29, 1.82) is 0 Å². The van der Waals surface area contributed by atoms with E-state index >= 15 is 0 Å². The minimum absolute atomic E-state index is 0.000940. The lowest BCUT2D eigenvalue weighted by Crippen LogP contribution is -2.29. The normalized spacial score (nSPS) is 10.0. The number of para-hydroxylation sites is 2. The Hall–Kier alpha value is -3.66. The van der Waals surface area contributed by atoms with Gasteiger partial charge in [0.15, 0.2) is 0 Å². The maximum Gasteiger partial charge on any atom is 0.320 e. The van der Waals surface area contributed by atoms with Crippen LogP contribution in [0.25, 0.3) is 10.9 Å². The van der Waals surface area contributed by atoms with Crippen molar-refractivity contribution in [3.63, 3.8) is 0 Å². The van der Waals surface area contributed by atoms with E-state index in [1.807, 2.05) is 24.3 Å². The molecule has 2 aromatic carbocycles. The number of rotatable bonds is 4. The highest BCUT2D eigenvalue weighted by atomic mass is 19.1. The van der Waals surface area contributed by atoms with Gasteiger partial charge in [0.1, 0.15) is 35.2 Å². The fourth-order valence-corrected chi connectivity index (χ4v) is 2.32. The number of urea groups is 1. The Labute approximate surface area is 154 Å². The van der Waals surface area contributed by atoms with Crippen molar-refractivity contribution >= 4 is 22.6 Å². The van der Waals surface area contributed by atoms with Gasteiger partial charge in [0, 0.05) is 11.6 Å². The highest BCUT2D eigenvalue weighted by Gasteiger charge is 2.10. The number of halogens is 2. The van der Waals surface area contributed by atoms with E-state index in [0.717, 1.165) is 23.0 Å². The molecular formula is C20H15F2N3O2. The minimum atomic E-state index is -0.853. The van der Waals surface area contributed by atoms with Crippen LogP contribution >= 0.6 is 0 Å². The van der Waals surface area contributed by atoms with Gasteiger partial charge in [0.05, 0.1) is 6.54 Å². The summed E-state index contributed by atoms with van der Waals surface area (Å²) in [7, 11) is 0. The standard InChI is InChI=1S/C20H15F2N3O2/c21-15-8-4-9-16(22)19(15)25-20(26)24-11-1-2-13-27-17-10-3-6-14-7-5-12-23-18(14)17/h3-10,12H,11,13H2,(H2,24,25,26). The van der Waals surface area contributed by atoms with Crippen LogP contribution in [0.5, 0.6) is 5.75 Å². The van der Waals surface area contributed by atoms with E-state index in [4.69, 9.17) is 4.74 Å². The first-order chi connectivity index (χ1) is 13.1. The van der Waals surface area contributed by atoms with Crippen LogP contribution < -0.4 is 15.4 Å². The lowest BCUT2D eigenvalue weighted by molar-refractivity contribution is 0.253. The number of anilines is 1. The smallest absolute Gasteiger partial charge is 0.320 e. The predicted octanol–water partition coefficient (Wildman–Crippen LogP) is 3.72. The summed E-state index contributed by atoms with van der Waals surface area (Å²) in [5.74, 6) is 4.35. The molecule has 0 aliphatic heterocycles. The molecule has 7 heteroatoms. The van der Waals surface area contributed by atoms with Crippen LogP contribution in [-0.2, 0) is 0 Å². The van der Waals surface area contributed by atoms with Crippen molar-refractivity contribution in [2.24, 2.45) is 0 Å². The maximum absolute atomic E-state index is 13.4. The number of fused-ring (bicyclic) bond motifs is 1. The van der Waals surface area contributed by atoms with Gasteiger partial charge in [0.2, 0.25) is 0 Å². The maximum atomic E-state index is 13.4. The van der Waals surface area contributed by atoms with Gasteiger partial charge in [-0.25, -0.2) is 13.6 Å². The van der Waals surface area contributed by atoms with Crippen LogP contribution in [0.1, 0.15) is 0 Å². The number of carbonyl (C=O) groups excluding carboxylic acids is 1. The first-order valence-corrected chi connectivity index (χ1v) is 8.06. The molecule has 0 radical (unpaired) electrons. The number of benzene rings is 2. The molecule has 1 aromatic heterocycles. The van der Waals surface area contributed by atoms with Gasteiger partial charge in [-0.2, -0.15) is 0 Å². The lowest BCUT2D eigenvalue weighted by Gasteiger charge is -2.07. The molecule has 2 N–H and O–H groups in total. The molecule has 0 unspecified atom stereocenters. The first-order valence-electron chi connectivity index (χ1n) is 8.06. The Bertz CT molecular complexity index is 1000. The van der Waals surface area contributed by atoms with Gasteiger partial charge in [-0.05, 0) is 24.3 Å². The quantitative estimate of drug-likeness (QED) is 0.691. The van der Waals surface area contributed by atoms with Crippen LogP contribution in [-0.4, -0.2) is 24.2 Å². The Kier molecular flexibility index (Phi) is 5.80. The van der Waals surface area contributed by atoms with E-state index in [-0.39, 0.29) is 13.2 Å². The number of ether oxygens (including phenoxy) is 1. The molecule has 0 saturated carbocycles. The van der Waals surface area contributed by atoms with E-state index in [2.05, 4.69) is 27.5 Å². The van der Waals surface area contributed by atoms with Crippen LogP contribution in [0.3, 0.4) is 0 Å². The van der Waals surface area contributed by atoms with Gasteiger partial charge >= 0.3 is 6.03 Å². The Balaban J connectivity index is 1.48. The number of carbonyl (C=O) groups is 1. The van der Waals surface area contributed by atoms with Crippen LogP contribution in [0.4, 0.5) is 19.3 Å². The van der Waals surface area contributed by atoms with Gasteiger partial charge in [0.25, 0.3) is 0 Å². The monoisotopic (exact) mass is 367 g/mol. The molecule has 0 bridgehead atoms. The number of nitrogens with zero attached hydrogens (tertiary/aromatic N) is 1. The van der Waals surface area contributed by atoms with Crippen molar-refractivity contribution in [3.8, 4) is 17.6 Å². The molecule has 136 valence electrons. The number of hydrogen-bond acceptors (Lipinski definition) is 3. The molecular weight excluding hydrogens is 352 g/mol. The van der Waals surface area contributed by atoms with Crippen molar-refractivity contribution in [2.45, 2.75) is 0 Å². The average molecular weight is 367 g/mol. The zero-order valence-electron chi connectivity index (χ0n) is 14.1. The molecule has 2 amide bonds. The Morgan fingerprint density at radius 3 is 2.59 bits per heavy atom. The predicted molar refractivity (Wildman–Crippen MR) is 98.4 cm³/mol. The largest absolute Gasteiger partial charge is 0.479 e. The molecule has 0 aliphatic carbocycles. The van der Waals surface area contributed by atoms with Crippen molar-refractivity contribution in [1.82, 2.24) is 10.3 Å². The molecule has 3 rings (SSSR count). The van der Waals surface area contributed by atoms with E-state index in [0.29, 0.717) is 5.75 Å². The van der Waals surface area contributed by atoms with Gasteiger partial charge in [-0.15, -0.1) is 0 Å². The summed E-state index contributed by atoms with van der Waals surface area (Å²) in [4.78, 5) is 15.9. The lowest BCUT2D eigenvalue weighted by atomic mass is 10.2. The third-order valence-electron chi connectivity index (χ3n) is 3.56. The number of pyridine rings is 1. The fourth-order valence-electron chi connectivity index (χ4n) is 2.32. The summed E-state index contributed by atoms with van der Waals surface area (Å²) >= 11 is 0. The van der Waals surface area contributed by atoms with E-state index in [1.165, 1.54) is 6.07 Å². The molecule has 3 aromatic rings. The molecule has 1 heterocycles. The number of nitrogens with one attached hydrogen (secondary N) is 2. The summed E-state index contributed by atoms with van der Waals surface area (Å²) in [6.45, 7) is 0.111. The molecule has 0 saturated heterocycles. The highest BCUT2D eigenvalue weighted by molar-refractivity contribution is 5.89. The number of hydrogen-bond donors (Lipinski definition) is 2. The zero-order valence-corrected chi connectivity index (χ0v) is 14.1. The van der Waals surface area contributed by atoms with E-state index in [1.54, 1.807) is 12.3 Å². The van der Waals surface area contributed by atoms with Gasteiger partial charge in [-0.1, -0.05) is 36.1 Å². The van der Waals surface area contributed by atoms with Gasteiger partial charge in [-0.3, -0.25) is 4.98 Å². The Morgan fingerprint density at radius 1 is 1.04 bits per heavy atom. The van der Waals surface area contributed by atoms with E-state index < -0.39 is 23.4 Å². The molecule has 0 atom stereocenters.